The van der Waals surface area contributed by atoms with Gasteiger partial charge in [0, 0.05) is 97.6 Å². The minimum atomic E-state index is -0.339. The Bertz CT molecular complexity index is 2640. The Kier molecular flexibility index (Phi) is 14.3. The number of aryl methyl sites for hydroxylation is 2. The molecular formula is C53H66N10O4. The highest BCUT2D eigenvalue weighted by Gasteiger charge is 2.34. The fraction of sp³-hybridized carbons (Fsp3) is 0.396. The maximum absolute atomic E-state index is 14.3. The number of anilines is 2. The fourth-order valence-corrected chi connectivity index (χ4v) is 9.53. The second-order valence-electron chi connectivity index (χ2n) is 18.5. The third-order valence-electron chi connectivity index (χ3n) is 13.6. The predicted octanol–water partition coefficient (Wildman–Crippen LogP) is 7.25. The summed E-state index contributed by atoms with van der Waals surface area (Å²) < 4.78 is 13.4. The van der Waals surface area contributed by atoms with Crippen LogP contribution in [0, 0.1) is 19.3 Å². The van der Waals surface area contributed by atoms with Crippen molar-refractivity contribution in [3.05, 3.63) is 130 Å². The average molecular weight is 907 g/mol. The van der Waals surface area contributed by atoms with Crippen molar-refractivity contribution in [2.24, 2.45) is 5.73 Å². The smallest absolute Gasteiger partial charge is 0.252 e. The monoisotopic (exact) mass is 907 g/mol. The standard InChI is InChI=1S/C53H66N10O4/c1-33-11-12-45(61-29-44(55)30-61)22-49(33)52(64)58-36(4)38-17-40(21-48(19-38)67-7)43-26-57-63(28-43)27-41-15-34(2)50(23-51(41)62-31-46(32-62)60-13-9-8-10-14-60)53(65)59-35(3)37-16-39(20-47(18-37)66-6)42(24-54)25-56-5/h11-12,15-26,28,35-36,44,46,54,56H,8-10,13-14,27,29-32,55H2,1-7H3,(H,58,64)(H,59,65)/b42-25+,54-24?/t35-,36-/m1/s1. The van der Waals surface area contributed by atoms with Gasteiger partial charge in [-0.25, -0.2) is 0 Å². The van der Waals surface area contributed by atoms with Crippen LogP contribution < -0.4 is 41.0 Å². The Morgan fingerprint density at radius 3 is 2.10 bits per heavy atom. The van der Waals surface area contributed by atoms with E-state index in [-0.39, 0.29) is 29.9 Å². The summed E-state index contributed by atoms with van der Waals surface area (Å²) in [5, 5.41) is 22.3. The van der Waals surface area contributed by atoms with Crippen molar-refractivity contribution in [1.29, 1.82) is 5.41 Å². The number of ether oxygens (including phenoxy) is 2. The van der Waals surface area contributed by atoms with Crippen molar-refractivity contribution in [3.8, 4) is 22.6 Å². The number of allylic oxidation sites excluding steroid dienone is 1. The van der Waals surface area contributed by atoms with E-state index in [0.29, 0.717) is 40.8 Å². The van der Waals surface area contributed by atoms with Crippen molar-refractivity contribution in [2.75, 3.05) is 70.3 Å². The van der Waals surface area contributed by atoms with E-state index in [1.165, 1.54) is 25.5 Å². The highest BCUT2D eigenvalue weighted by Crippen LogP contribution is 2.35. The van der Waals surface area contributed by atoms with E-state index in [2.05, 4.69) is 48.8 Å². The van der Waals surface area contributed by atoms with Crippen LogP contribution in [0.2, 0.25) is 0 Å². The second-order valence-corrected chi connectivity index (χ2v) is 18.5. The first kappa shape index (κ1) is 46.9. The minimum Gasteiger partial charge on any atom is -0.497 e. The molecule has 0 unspecified atom stereocenters. The van der Waals surface area contributed by atoms with Crippen LogP contribution in [0.3, 0.4) is 0 Å². The number of methoxy groups -OCH3 is 2. The summed E-state index contributed by atoms with van der Waals surface area (Å²) in [4.78, 5) is 35.2. The molecule has 2 amide bonds. The van der Waals surface area contributed by atoms with E-state index in [0.717, 1.165) is 95.2 Å². The zero-order valence-corrected chi connectivity index (χ0v) is 40.0. The zero-order chi connectivity index (χ0) is 47.4. The summed E-state index contributed by atoms with van der Waals surface area (Å²) in [6, 6.07) is 22.0. The Morgan fingerprint density at radius 1 is 0.806 bits per heavy atom. The molecule has 4 aromatic carbocycles. The number of hydrogen-bond acceptors (Lipinski definition) is 11. The Labute approximate surface area is 395 Å². The quantitative estimate of drug-likeness (QED) is 0.0601. The van der Waals surface area contributed by atoms with E-state index in [1.54, 1.807) is 27.5 Å². The molecule has 3 aliphatic rings. The van der Waals surface area contributed by atoms with Gasteiger partial charge in [0.05, 0.1) is 39.0 Å². The first-order valence-electron chi connectivity index (χ1n) is 23.5. The summed E-state index contributed by atoms with van der Waals surface area (Å²) in [7, 11) is 5.07. The van der Waals surface area contributed by atoms with Gasteiger partial charge in [-0.05, 0) is 147 Å². The summed E-state index contributed by atoms with van der Waals surface area (Å²) in [5.41, 5.74) is 17.4. The lowest BCUT2D eigenvalue weighted by atomic mass is 9.96. The highest BCUT2D eigenvalue weighted by atomic mass is 16.5. The maximum Gasteiger partial charge on any atom is 0.252 e. The maximum atomic E-state index is 14.3. The number of carbonyl (C=O) groups excluding carboxylic acids is 2. The Balaban J connectivity index is 1.03. The van der Waals surface area contributed by atoms with Crippen LogP contribution in [0.15, 0.2) is 85.3 Å². The average Bonchev–Trinajstić information content (AvgIpc) is 3.78. The van der Waals surface area contributed by atoms with Gasteiger partial charge in [0.2, 0.25) is 0 Å². The molecule has 4 heterocycles. The molecule has 352 valence electrons. The van der Waals surface area contributed by atoms with Crippen molar-refractivity contribution >= 4 is 35.0 Å². The van der Waals surface area contributed by atoms with Crippen LogP contribution in [0.1, 0.15) is 99.3 Å². The third kappa shape index (κ3) is 10.5. The number of hydrogen-bond donors (Lipinski definition) is 5. The van der Waals surface area contributed by atoms with E-state index in [9.17, 15) is 9.59 Å². The molecule has 14 heteroatoms. The van der Waals surface area contributed by atoms with Gasteiger partial charge in [0.15, 0.2) is 0 Å². The minimum absolute atomic E-state index is 0.135. The molecule has 3 fully saturated rings. The van der Waals surface area contributed by atoms with E-state index in [1.807, 2.05) is 93.3 Å². The molecule has 0 saturated carbocycles. The van der Waals surface area contributed by atoms with Crippen LogP contribution in [0.4, 0.5) is 11.4 Å². The number of nitrogens with one attached hydrogen (secondary N) is 4. The number of benzene rings is 4. The lowest BCUT2D eigenvalue weighted by Gasteiger charge is -2.48. The molecule has 14 nitrogen and oxygen atoms in total. The molecule has 8 rings (SSSR count). The molecule has 3 aliphatic heterocycles. The van der Waals surface area contributed by atoms with Gasteiger partial charge in [0.25, 0.3) is 11.8 Å². The van der Waals surface area contributed by atoms with Gasteiger partial charge in [-0.15, -0.1) is 0 Å². The predicted molar refractivity (Wildman–Crippen MR) is 268 cm³/mol. The summed E-state index contributed by atoms with van der Waals surface area (Å²) in [6.07, 6.45) is 10.8. The number of likely N-dealkylation sites (tertiary alicyclic amines) is 1. The lowest BCUT2D eigenvalue weighted by molar-refractivity contribution is 0.0930. The first-order chi connectivity index (χ1) is 32.3. The van der Waals surface area contributed by atoms with E-state index >= 15 is 0 Å². The summed E-state index contributed by atoms with van der Waals surface area (Å²) >= 11 is 0. The molecule has 0 aliphatic carbocycles. The number of carbonyl (C=O) groups is 2. The molecule has 0 bridgehead atoms. The van der Waals surface area contributed by atoms with Crippen molar-refractivity contribution in [1.82, 2.24) is 30.6 Å². The summed E-state index contributed by atoms with van der Waals surface area (Å²) in [6.45, 7) is 14.1. The molecule has 6 N–H and O–H groups in total. The van der Waals surface area contributed by atoms with Gasteiger partial charge in [-0.2, -0.15) is 5.10 Å². The Morgan fingerprint density at radius 2 is 1.46 bits per heavy atom. The van der Waals surface area contributed by atoms with Gasteiger partial charge >= 0.3 is 0 Å². The Hall–Kier alpha value is -6.64. The SMILES string of the molecule is CN/C=C(\C=N)c1cc(OC)cc([C@@H](C)NC(=O)c2cc(N3CC(N4CCCCC4)C3)c(Cn3cc(-c4cc(OC)cc([C@@H](C)NC(=O)c5cc(N6CC(N)C6)ccc5C)c4)cn3)cc2C)c1. The molecule has 2 atom stereocenters. The van der Waals surface area contributed by atoms with E-state index < -0.39 is 0 Å². The number of rotatable bonds is 17. The topological polar surface area (TPSA) is 166 Å². The molecule has 67 heavy (non-hydrogen) atoms. The summed E-state index contributed by atoms with van der Waals surface area (Å²) in [5.74, 6) is 1.04. The van der Waals surface area contributed by atoms with Crippen LogP contribution in [0.5, 0.6) is 11.5 Å². The van der Waals surface area contributed by atoms with Crippen molar-refractivity contribution < 1.29 is 19.1 Å². The zero-order valence-electron chi connectivity index (χ0n) is 40.0. The van der Waals surface area contributed by atoms with Crippen molar-refractivity contribution in [2.45, 2.75) is 77.7 Å². The van der Waals surface area contributed by atoms with Gasteiger partial charge in [-0.1, -0.05) is 18.6 Å². The van der Waals surface area contributed by atoms with Crippen molar-refractivity contribution in [3.63, 3.8) is 0 Å². The number of aromatic nitrogens is 2. The van der Waals surface area contributed by atoms with Crippen LogP contribution in [-0.2, 0) is 6.54 Å². The number of nitrogens with two attached hydrogens (primary N) is 1. The van der Waals surface area contributed by atoms with Crippen LogP contribution >= 0.6 is 0 Å². The van der Waals surface area contributed by atoms with Crippen LogP contribution in [0.25, 0.3) is 16.7 Å². The molecule has 1 aromatic heterocycles. The molecular weight excluding hydrogens is 841 g/mol. The largest absolute Gasteiger partial charge is 0.497 e. The second kappa shape index (κ2) is 20.5. The van der Waals surface area contributed by atoms with Gasteiger partial charge in [-0.3, -0.25) is 19.2 Å². The normalized spacial score (nSPS) is 16.7. The molecule has 0 radical (unpaired) electrons. The van der Waals surface area contributed by atoms with Gasteiger partial charge < -0.3 is 46.4 Å². The number of piperidine rings is 1. The van der Waals surface area contributed by atoms with Gasteiger partial charge in [0.1, 0.15) is 11.5 Å². The van der Waals surface area contributed by atoms with Crippen LogP contribution in [-0.4, -0.2) is 105 Å². The van der Waals surface area contributed by atoms with E-state index in [4.69, 9.17) is 25.7 Å². The number of nitrogens with zero attached hydrogens (tertiary/aromatic N) is 5. The molecule has 0 spiro atoms. The molecule has 5 aromatic rings. The first-order valence-corrected chi connectivity index (χ1v) is 23.5. The molecule has 3 saturated heterocycles. The third-order valence-corrected chi connectivity index (χ3v) is 13.6. The number of amides is 2. The lowest BCUT2D eigenvalue weighted by Crippen LogP contribution is -2.60. The fourth-order valence-electron chi connectivity index (χ4n) is 9.53. The highest BCUT2D eigenvalue weighted by molar-refractivity contribution is 6.08.